The summed E-state index contributed by atoms with van der Waals surface area (Å²) in [7, 11) is 0. The van der Waals surface area contributed by atoms with Crippen LogP contribution in [0.25, 0.3) is 17.0 Å². The van der Waals surface area contributed by atoms with Crippen molar-refractivity contribution in [2.24, 2.45) is 0 Å². The molecule has 34 heavy (non-hydrogen) atoms. The molecule has 0 amide bonds. The number of esters is 1. The van der Waals surface area contributed by atoms with Crippen LogP contribution in [0.3, 0.4) is 0 Å². The van der Waals surface area contributed by atoms with Crippen LogP contribution in [0.5, 0.6) is 5.75 Å². The molecule has 0 saturated carbocycles. The maximum Gasteiger partial charge on any atom is 0.305 e. The van der Waals surface area contributed by atoms with Crippen molar-refractivity contribution in [1.82, 2.24) is 25.5 Å². The molecule has 3 heterocycles. The standard InChI is InChI=1S/C26H29N5O3/c1-2-33-24(32)8-5-17-31-25(28-29-30-31)20-11-9-19(10-12-20)22-18-26(13-15-27-16-14-26)34-23-7-4-3-6-21(22)23/h3-4,6-7,9-12,18,27H,2,5,8,13-17H2,1H3. The number of carbonyl (C=O) groups excluding carboxylic acids is 1. The van der Waals surface area contributed by atoms with Gasteiger partial charge < -0.3 is 14.8 Å². The number of benzene rings is 2. The minimum absolute atomic E-state index is 0.196. The number of hydrogen-bond acceptors (Lipinski definition) is 7. The van der Waals surface area contributed by atoms with Crippen LogP contribution in [0.15, 0.2) is 54.6 Å². The van der Waals surface area contributed by atoms with Crippen LogP contribution < -0.4 is 10.1 Å². The molecule has 0 radical (unpaired) electrons. The first-order valence-corrected chi connectivity index (χ1v) is 11.9. The second kappa shape index (κ2) is 9.77. The van der Waals surface area contributed by atoms with Crippen molar-refractivity contribution >= 4 is 11.5 Å². The Labute approximate surface area is 199 Å². The predicted molar refractivity (Wildman–Crippen MR) is 128 cm³/mol. The second-order valence-corrected chi connectivity index (χ2v) is 8.68. The molecule has 1 fully saturated rings. The monoisotopic (exact) mass is 459 g/mol. The molecule has 1 saturated heterocycles. The maximum absolute atomic E-state index is 11.6. The summed E-state index contributed by atoms with van der Waals surface area (Å²) in [5.41, 5.74) is 4.12. The number of rotatable bonds is 7. The van der Waals surface area contributed by atoms with E-state index in [2.05, 4.69) is 69.4 Å². The molecule has 0 unspecified atom stereocenters. The number of nitrogens with zero attached hydrogens (tertiary/aromatic N) is 4. The lowest BCUT2D eigenvalue weighted by molar-refractivity contribution is -0.143. The van der Waals surface area contributed by atoms with Crippen LogP contribution in [0.4, 0.5) is 0 Å². The Morgan fingerprint density at radius 3 is 2.68 bits per heavy atom. The van der Waals surface area contributed by atoms with Crippen LogP contribution in [0.1, 0.15) is 43.7 Å². The minimum atomic E-state index is -0.267. The summed E-state index contributed by atoms with van der Waals surface area (Å²) in [4.78, 5) is 11.6. The molecular formula is C26H29N5O3. The zero-order chi connectivity index (χ0) is 23.4. The molecule has 3 aromatic rings. The summed E-state index contributed by atoms with van der Waals surface area (Å²) in [6.07, 6.45) is 5.17. The lowest BCUT2D eigenvalue weighted by Gasteiger charge is -2.40. The average Bonchev–Trinajstić information content (AvgIpc) is 3.33. The summed E-state index contributed by atoms with van der Waals surface area (Å²) < 4.78 is 13.2. The number of aromatic nitrogens is 4. The Kier molecular flexibility index (Phi) is 6.40. The van der Waals surface area contributed by atoms with Gasteiger partial charge in [-0.05, 0) is 60.1 Å². The third-order valence-corrected chi connectivity index (χ3v) is 6.39. The number of piperidine rings is 1. The summed E-state index contributed by atoms with van der Waals surface area (Å²) >= 11 is 0. The average molecular weight is 460 g/mol. The van der Waals surface area contributed by atoms with Gasteiger partial charge in [0.05, 0.1) is 6.61 Å². The summed E-state index contributed by atoms with van der Waals surface area (Å²) in [6, 6.07) is 16.6. The number of ether oxygens (including phenoxy) is 2. The van der Waals surface area contributed by atoms with E-state index < -0.39 is 0 Å². The van der Waals surface area contributed by atoms with Gasteiger partial charge in [0, 0.05) is 36.9 Å². The van der Waals surface area contributed by atoms with E-state index in [9.17, 15) is 4.79 Å². The van der Waals surface area contributed by atoms with Crippen molar-refractivity contribution in [3.8, 4) is 17.1 Å². The molecule has 2 aliphatic heterocycles. The van der Waals surface area contributed by atoms with Crippen molar-refractivity contribution in [2.75, 3.05) is 19.7 Å². The zero-order valence-electron chi connectivity index (χ0n) is 19.4. The molecule has 176 valence electrons. The third-order valence-electron chi connectivity index (χ3n) is 6.39. The summed E-state index contributed by atoms with van der Waals surface area (Å²) in [5, 5.41) is 15.6. The largest absolute Gasteiger partial charge is 0.482 e. The van der Waals surface area contributed by atoms with Gasteiger partial charge in [0.25, 0.3) is 0 Å². The van der Waals surface area contributed by atoms with Crippen molar-refractivity contribution < 1.29 is 14.3 Å². The highest BCUT2D eigenvalue weighted by Gasteiger charge is 2.36. The first kappa shape index (κ1) is 22.3. The lowest BCUT2D eigenvalue weighted by Crippen LogP contribution is -2.46. The van der Waals surface area contributed by atoms with Crippen LogP contribution in [0, 0.1) is 0 Å². The van der Waals surface area contributed by atoms with Gasteiger partial charge >= 0.3 is 5.97 Å². The highest BCUT2D eigenvalue weighted by atomic mass is 16.5. The van der Waals surface area contributed by atoms with Crippen molar-refractivity contribution in [3.05, 3.63) is 65.7 Å². The fourth-order valence-electron chi connectivity index (χ4n) is 4.67. The van der Waals surface area contributed by atoms with E-state index in [0.717, 1.165) is 48.4 Å². The van der Waals surface area contributed by atoms with Gasteiger partial charge in [0.15, 0.2) is 5.82 Å². The summed E-state index contributed by atoms with van der Waals surface area (Å²) in [6.45, 7) is 4.65. The fourth-order valence-corrected chi connectivity index (χ4v) is 4.67. The van der Waals surface area contributed by atoms with Gasteiger partial charge in [-0.3, -0.25) is 4.79 Å². The topological polar surface area (TPSA) is 91.2 Å². The Balaban J connectivity index is 1.38. The molecule has 1 N–H and O–H groups in total. The van der Waals surface area contributed by atoms with Crippen molar-refractivity contribution in [2.45, 2.75) is 44.8 Å². The smallest absolute Gasteiger partial charge is 0.305 e. The lowest BCUT2D eigenvalue weighted by atomic mass is 9.83. The summed E-state index contributed by atoms with van der Waals surface area (Å²) in [5.74, 6) is 1.43. The number of nitrogens with one attached hydrogen (secondary N) is 1. The van der Waals surface area contributed by atoms with E-state index in [1.165, 1.54) is 5.57 Å². The third kappa shape index (κ3) is 4.59. The highest BCUT2D eigenvalue weighted by Crippen LogP contribution is 2.42. The number of fused-ring (bicyclic) bond motifs is 1. The Morgan fingerprint density at radius 2 is 1.88 bits per heavy atom. The molecule has 1 spiro atoms. The molecule has 0 aliphatic carbocycles. The molecule has 8 nitrogen and oxygen atoms in total. The zero-order valence-corrected chi connectivity index (χ0v) is 19.4. The van der Waals surface area contributed by atoms with Gasteiger partial charge in [-0.2, -0.15) is 0 Å². The normalized spacial score (nSPS) is 16.4. The number of aryl methyl sites for hydroxylation is 1. The number of carbonyl (C=O) groups is 1. The molecule has 2 aliphatic rings. The second-order valence-electron chi connectivity index (χ2n) is 8.68. The first-order chi connectivity index (χ1) is 16.7. The predicted octanol–water partition coefficient (Wildman–Crippen LogP) is 3.63. The fraction of sp³-hybridized carbons (Fsp3) is 0.385. The van der Waals surface area contributed by atoms with Crippen LogP contribution in [-0.2, 0) is 16.1 Å². The van der Waals surface area contributed by atoms with E-state index in [0.29, 0.717) is 31.8 Å². The minimum Gasteiger partial charge on any atom is -0.482 e. The van der Waals surface area contributed by atoms with E-state index in [1.807, 2.05) is 13.0 Å². The molecular weight excluding hydrogens is 430 g/mol. The number of hydrogen-bond donors (Lipinski definition) is 1. The van der Waals surface area contributed by atoms with Gasteiger partial charge in [0.1, 0.15) is 11.4 Å². The van der Waals surface area contributed by atoms with E-state index in [4.69, 9.17) is 9.47 Å². The highest BCUT2D eigenvalue weighted by molar-refractivity contribution is 5.85. The molecule has 0 bridgehead atoms. The molecule has 5 rings (SSSR count). The molecule has 2 aromatic carbocycles. The SMILES string of the molecule is CCOC(=O)CCCn1nnnc1-c1ccc(C2=CC3(CCNCC3)Oc3ccccc32)cc1. The van der Waals surface area contributed by atoms with Gasteiger partial charge in [-0.25, -0.2) is 4.68 Å². The number of para-hydroxylation sites is 1. The van der Waals surface area contributed by atoms with E-state index >= 15 is 0 Å². The van der Waals surface area contributed by atoms with E-state index in [1.54, 1.807) is 4.68 Å². The van der Waals surface area contributed by atoms with Gasteiger partial charge in [0.2, 0.25) is 0 Å². The maximum atomic E-state index is 11.6. The molecule has 0 atom stereocenters. The van der Waals surface area contributed by atoms with Crippen LogP contribution in [-0.4, -0.2) is 51.5 Å². The first-order valence-electron chi connectivity index (χ1n) is 11.9. The molecule has 1 aromatic heterocycles. The Bertz CT molecular complexity index is 1180. The number of tetrazole rings is 1. The quantitative estimate of drug-likeness (QED) is 0.540. The molecule has 8 heteroatoms. The Hall–Kier alpha value is -3.52. The van der Waals surface area contributed by atoms with Gasteiger partial charge in [-0.15, -0.1) is 5.10 Å². The van der Waals surface area contributed by atoms with Gasteiger partial charge in [-0.1, -0.05) is 42.5 Å². The van der Waals surface area contributed by atoms with Crippen molar-refractivity contribution in [1.29, 1.82) is 0 Å². The van der Waals surface area contributed by atoms with Crippen molar-refractivity contribution in [3.63, 3.8) is 0 Å². The van der Waals surface area contributed by atoms with Crippen LogP contribution >= 0.6 is 0 Å². The van der Waals surface area contributed by atoms with Crippen LogP contribution in [0.2, 0.25) is 0 Å². The van der Waals surface area contributed by atoms with E-state index in [-0.39, 0.29) is 11.6 Å². The Morgan fingerprint density at radius 1 is 1.12 bits per heavy atom.